The highest BCUT2D eigenvalue weighted by Gasteiger charge is 2.30. The topological polar surface area (TPSA) is 51.2 Å². The van der Waals surface area contributed by atoms with Crippen molar-refractivity contribution in [3.63, 3.8) is 0 Å². The van der Waals surface area contributed by atoms with Gasteiger partial charge in [0.15, 0.2) is 0 Å². The second kappa shape index (κ2) is 8.23. The fourth-order valence-electron chi connectivity index (χ4n) is 2.11. The quantitative estimate of drug-likeness (QED) is 0.577. The van der Waals surface area contributed by atoms with Crippen molar-refractivity contribution in [2.75, 3.05) is 11.9 Å². The molecule has 0 aliphatic rings. The highest BCUT2D eigenvalue weighted by atomic mass is 35.5. The largest absolute Gasteiger partial charge is 0.461 e. The minimum Gasteiger partial charge on any atom is -0.461 e. The predicted octanol–water partition coefficient (Wildman–Crippen LogP) is 5.08. The monoisotopic (exact) mass is 384 g/mol. The zero-order valence-corrected chi connectivity index (χ0v) is 14.8. The lowest BCUT2D eigenvalue weighted by Crippen LogP contribution is -2.15. The molecule has 4 nitrogen and oxygen atoms in total. The number of benzene rings is 1. The normalized spacial score (nSPS) is 12.0. The highest BCUT2D eigenvalue weighted by Crippen LogP contribution is 2.32. The molecule has 1 N–H and O–H groups in total. The highest BCUT2D eigenvalue weighted by molar-refractivity contribution is 6.32. The Morgan fingerprint density at radius 2 is 2.04 bits per heavy atom. The Bertz CT molecular complexity index is 835. The lowest BCUT2D eigenvalue weighted by atomic mass is 10.1. The van der Waals surface area contributed by atoms with E-state index >= 15 is 0 Å². The van der Waals surface area contributed by atoms with E-state index < -0.39 is 17.7 Å². The van der Waals surface area contributed by atoms with Gasteiger partial charge in [-0.25, -0.2) is 4.79 Å². The molecule has 1 heterocycles. The fourth-order valence-corrected chi connectivity index (χ4v) is 2.34. The van der Waals surface area contributed by atoms with Crippen LogP contribution >= 0.6 is 11.6 Å². The number of hydrogen-bond donors (Lipinski definition) is 1. The van der Waals surface area contributed by atoms with Crippen molar-refractivity contribution < 1.29 is 22.7 Å². The van der Waals surface area contributed by atoms with E-state index in [4.69, 9.17) is 16.3 Å². The third-order valence-electron chi connectivity index (χ3n) is 3.28. The third kappa shape index (κ3) is 5.23. The number of nitrogens with one attached hydrogen (secondary N) is 1. The molecule has 1 aromatic carbocycles. The molecule has 0 bridgehead atoms. The number of carbonyl (C=O) groups excluding carboxylic acids is 1. The van der Waals surface area contributed by atoms with E-state index in [2.05, 4.69) is 10.3 Å². The zero-order valence-electron chi connectivity index (χ0n) is 14.0. The molecule has 0 saturated carbocycles. The first-order valence-electron chi connectivity index (χ1n) is 7.65. The average Bonchev–Trinajstić information content (AvgIpc) is 2.55. The summed E-state index contributed by atoms with van der Waals surface area (Å²) in [7, 11) is 0. The second-order valence-electron chi connectivity index (χ2n) is 5.39. The van der Waals surface area contributed by atoms with Crippen molar-refractivity contribution in [3.8, 4) is 0 Å². The van der Waals surface area contributed by atoms with Gasteiger partial charge in [0.05, 0.1) is 24.1 Å². The number of alkyl halides is 3. The maximum atomic E-state index is 12.7. The Morgan fingerprint density at radius 3 is 2.62 bits per heavy atom. The van der Waals surface area contributed by atoms with Crippen LogP contribution in [0.25, 0.3) is 6.08 Å². The summed E-state index contributed by atoms with van der Waals surface area (Å²) in [5, 5.41) is 2.73. The van der Waals surface area contributed by atoms with Gasteiger partial charge in [-0.1, -0.05) is 17.7 Å². The minimum absolute atomic E-state index is 0.0286. The Hall–Kier alpha value is -2.54. The van der Waals surface area contributed by atoms with Crippen molar-refractivity contribution in [2.45, 2.75) is 20.0 Å². The molecule has 2 rings (SSSR count). The number of aryl methyl sites for hydroxylation is 1. The van der Waals surface area contributed by atoms with E-state index in [1.807, 2.05) is 6.92 Å². The molecular formula is C18H16ClF3N2O2. The molecule has 0 fully saturated rings. The van der Waals surface area contributed by atoms with Crippen LogP contribution in [-0.4, -0.2) is 17.6 Å². The minimum atomic E-state index is -4.50. The van der Waals surface area contributed by atoms with E-state index in [0.717, 1.165) is 17.7 Å². The molecule has 8 heteroatoms. The van der Waals surface area contributed by atoms with Crippen molar-refractivity contribution >= 4 is 29.3 Å². The van der Waals surface area contributed by atoms with Crippen molar-refractivity contribution in [1.82, 2.24) is 4.98 Å². The molecule has 0 amide bonds. The van der Waals surface area contributed by atoms with Gasteiger partial charge < -0.3 is 10.1 Å². The van der Waals surface area contributed by atoms with Gasteiger partial charge in [0.25, 0.3) is 0 Å². The van der Waals surface area contributed by atoms with E-state index in [0.29, 0.717) is 5.69 Å². The maximum Gasteiger partial charge on any atom is 0.416 e. The Balaban J connectivity index is 2.40. The summed E-state index contributed by atoms with van der Waals surface area (Å²) in [4.78, 5) is 16.2. The van der Waals surface area contributed by atoms with Crippen LogP contribution in [0.3, 0.4) is 0 Å². The number of halogens is 4. The predicted molar refractivity (Wildman–Crippen MR) is 93.7 cm³/mol. The fraction of sp³-hybridized carbons (Fsp3) is 0.222. The van der Waals surface area contributed by atoms with Crippen LogP contribution < -0.4 is 5.32 Å². The van der Waals surface area contributed by atoms with Crippen LogP contribution in [0, 0.1) is 6.92 Å². The maximum absolute atomic E-state index is 12.7. The number of pyridine rings is 1. The molecule has 0 spiro atoms. The van der Waals surface area contributed by atoms with Crippen LogP contribution in [0.15, 0.2) is 42.4 Å². The average molecular weight is 385 g/mol. The molecule has 1 aromatic heterocycles. The van der Waals surface area contributed by atoms with Gasteiger partial charge in [-0.05, 0) is 49.2 Å². The molecule has 0 aliphatic heterocycles. The summed E-state index contributed by atoms with van der Waals surface area (Å²) in [5.74, 6) is -0.662. The van der Waals surface area contributed by atoms with Gasteiger partial charge >= 0.3 is 12.1 Å². The summed E-state index contributed by atoms with van der Waals surface area (Å²) in [5.41, 5.74) is 0.808. The summed E-state index contributed by atoms with van der Waals surface area (Å²) in [6.45, 7) is 3.62. The summed E-state index contributed by atoms with van der Waals surface area (Å²) in [6, 6.07) is 4.66. The molecule has 0 unspecified atom stereocenters. The zero-order chi connectivity index (χ0) is 19.3. The first-order valence-corrected chi connectivity index (χ1v) is 8.02. The lowest BCUT2D eigenvalue weighted by molar-refractivity contribution is -0.138. The lowest BCUT2D eigenvalue weighted by Gasteiger charge is -2.12. The van der Waals surface area contributed by atoms with Gasteiger partial charge in [-0.3, -0.25) is 4.98 Å². The first-order chi connectivity index (χ1) is 12.2. The molecule has 0 aliphatic carbocycles. The smallest absolute Gasteiger partial charge is 0.416 e. The molecular weight excluding hydrogens is 369 g/mol. The van der Waals surface area contributed by atoms with Crippen molar-refractivity contribution in [1.29, 1.82) is 0 Å². The molecule has 0 saturated heterocycles. The summed E-state index contributed by atoms with van der Waals surface area (Å²) >= 11 is 5.95. The Morgan fingerprint density at radius 1 is 1.31 bits per heavy atom. The molecule has 138 valence electrons. The summed E-state index contributed by atoms with van der Waals surface area (Å²) in [6.07, 6.45) is -0.00968. The van der Waals surface area contributed by atoms with E-state index in [-0.39, 0.29) is 22.9 Å². The standard InChI is InChI=1S/C18H16ClF3N2O2/c1-3-26-17(25)16(24-14-6-11(2)9-23-10-14)7-12-4-5-13(8-15(12)19)18(20,21)22/h4-10,24H,3H2,1-2H3/b16-7+. The van der Waals surface area contributed by atoms with Gasteiger partial charge in [0, 0.05) is 11.2 Å². The number of ether oxygens (including phenoxy) is 1. The number of nitrogens with zero attached hydrogens (tertiary/aromatic N) is 1. The van der Waals surface area contributed by atoms with E-state index in [1.54, 1.807) is 19.2 Å². The number of rotatable bonds is 5. The molecule has 0 atom stereocenters. The van der Waals surface area contributed by atoms with Crippen LogP contribution in [0.2, 0.25) is 5.02 Å². The number of anilines is 1. The number of carbonyl (C=O) groups is 1. The van der Waals surface area contributed by atoms with Crippen LogP contribution in [-0.2, 0) is 15.7 Å². The molecule has 0 radical (unpaired) electrons. The number of hydrogen-bond acceptors (Lipinski definition) is 4. The van der Waals surface area contributed by atoms with Crippen LogP contribution in [0.5, 0.6) is 0 Å². The Labute approximate surface area is 153 Å². The van der Waals surface area contributed by atoms with Crippen molar-refractivity contribution in [2.24, 2.45) is 0 Å². The summed E-state index contributed by atoms with van der Waals surface area (Å²) < 4.78 is 43.2. The van der Waals surface area contributed by atoms with Gasteiger partial charge in [-0.15, -0.1) is 0 Å². The number of aromatic nitrogens is 1. The van der Waals surface area contributed by atoms with Crippen molar-refractivity contribution in [3.05, 3.63) is 64.1 Å². The second-order valence-corrected chi connectivity index (χ2v) is 5.80. The first kappa shape index (κ1) is 19.8. The van der Waals surface area contributed by atoms with Gasteiger partial charge in [0.2, 0.25) is 0 Å². The third-order valence-corrected chi connectivity index (χ3v) is 3.60. The SMILES string of the molecule is CCOC(=O)/C(=C\c1ccc(C(F)(F)F)cc1Cl)Nc1cncc(C)c1. The van der Waals surface area contributed by atoms with E-state index in [1.165, 1.54) is 18.3 Å². The molecule has 2 aromatic rings. The van der Waals surface area contributed by atoms with Crippen LogP contribution in [0.4, 0.5) is 18.9 Å². The molecule has 26 heavy (non-hydrogen) atoms. The van der Waals surface area contributed by atoms with Gasteiger partial charge in [-0.2, -0.15) is 13.2 Å². The number of esters is 1. The van der Waals surface area contributed by atoms with Gasteiger partial charge in [0.1, 0.15) is 5.70 Å². The Kier molecular flexibility index (Phi) is 6.26. The van der Waals surface area contributed by atoms with Crippen LogP contribution in [0.1, 0.15) is 23.6 Å². The van der Waals surface area contributed by atoms with E-state index in [9.17, 15) is 18.0 Å².